The van der Waals surface area contributed by atoms with Gasteiger partial charge in [0.15, 0.2) is 11.5 Å². The third-order valence-corrected chi connectivity index (χ3v) is 12.3. The molecule has 0 bridgehead atoms. The number of hydrogen-bond acceptors (Lipinski definition) is 8. The second-order valence-electron chi connectivity index (χ2n) is 13.6. The highest BCUT2D eigenvalue weighted by molar-refractivity contribution is 14.1. The summed E-state index contributed by atoms with van der Waals surface area (Å²) >= 11 is 8.40. The van der Waals surface area contributed by atoms with Crippen molar-refractivity contribution in [1.82, 2.24) is 0 Å². The van der Waals surface area contributed by atoms with Crippen LogP contribution >= 0.6 is 34.2 Å². The maximum atomic E-state index is 15.4. The number of aromatic hydroxyl groups is 1. The van der Waals surface area contributed by atoms with Gasteiger partial charge < -0.3 is 19.9 Å². The van der Waals surface area contributed by atoms with Crippen LogP contribution in [0.25, 0.3) is 0 Å². The molecule has 2 aliphatic carbocycles. The summed E-state index contributed by atoms with van der Waals surface area (Å²) in [7, 11) is -0.362. The first-order valence-electron chi connectivity index (χ1n) is 16.8. The van der Waals surface area contributed by atoms with E-state index in [1.807, 2.05) is 59.0 Å². The van der Waals surface area contributed by atoms with Gasteiger partial charge in [0.05, 0.1) is 45.2 Å². The number of amides is 4. The van der Waals surface area contributed by atoms with Gasteiger partial charge in [0.2, 0.25) is 23.6 Å². The highest BCUT2D eigenvalue weighted by Gasteiger charge is 2.70. The molecule has 4 aromatic rings. The van der Waals surface area contributed by atoms with Gasteiger partial charge in [-0.2, -0.15) is 0 Å². The number of phenolic OH excluding ortho intramolecular Hbond substituents is 1. The maximum absolute atomic E-state index is 15.4. The zero-order chi connectivity index (χ0) is 36.6. The van der Waals surface area contributed by atoms with Crippen LogP contribution in [-0.2, 0) is 24.6 Å². The van der Waals surface area contributed by atoms with Crippen molar-refractivity contribution in [2.75, 3.05) is 16.9 Å². The Balaban J connectivity index is 1.36. The lowest BCUT2D eigenvalue weighted by Gasteiger charge is -2.50. The van der Waals surface area contributed by atoms with Crippen molar-refractivity contribution < 1.29 is 39.1 Å². The molecule has 10 nitrogen and oxygen atoms in total. The molecule has 0 spiro atoms. The monoisotopic (exact) mass is 828 g/mol. The molecular weight excluding hydrogens is 798 g/mol. The van der Waals surface area contributed by atoms with Gasteiger partial charge in [-0.1, -0.05) is 71.8 Å². The number of benzene rings is 4. The van der Waals surface area contributed by atoms with Crippen LogP contribution in [0.2, 0.25) is 5.02 Å². The van der Waals surface area contributed by atoms with Crippen molar-refractivity contribution in [2.45, 2.75) is 24.2 Å². The zero-order valence-corrected chi connectivity index (χ0v) is 30.6. The summed E-state index contributed by atoms with van der Waals surface area (Å²) in [5.41, 5.74) is 1.16. The molecule has 4 aromatic carbocycles. The molecular formula is C39H31BClIN2O8. The number of nitrogens with zero attached hydrogens (tertiary/aromatic N) is 2. The molecule has 2 aliphatic heterocycles. The van der Waals surface area contributed by atoms with E-state index in [1.165, 1.54) is 24.1 Å². The topological polar surface area (TPSA) is 145 Å². The van der Waals surface area contributed by atoms with Crippen molar-refractivity contribution in [3.8, 4) is 11.5 Å². The van der Waals surface area contributed by atoms with Crippen molar-refractivity contribution in [1.29, 1.82) is 0 Å². The predicted molar refractivity (Wildman–Crippen MR) is 202 cm³/mol. The second-order valence-corrected chi connectivity index (χ2v) is 15.2. The number of allylic oxidation sites excluding steroid dienone is 2. The molecule has 0 aromatic heterocycles. The first-order chi connectivity index (χ1) is 25.0. The van der Waals surface area contributed by atoms with E-state index in [2.05, 4.69) is 0 Å². The zero-order valence-electron chi connectivity index (χ0n) is 27.6. The van der Waals surface area contributed by atoms with Gasteiger partial charge in [-0.25, -0.2) is 4.90 Å². The minimum Gasteiger partial charge on any atom is -0.504 e. The summed E-state index contributed by atoms with van der Waals surface area (Å²) in [4.78, 5) is 61.3. The number of fused-ring (bicyclic) bond motifs is 4. The average molecular weight is 829 g/mol. The van der Waals surface area contributed by atoms with Crippen LogP contribution in [-0.4, -0.2) is 53.0 Å². The molecule has 3 N–H and O–H groups in total. The normalized spacial score (nSPS) is 26.6. The lowest BCUT2D eigenvalue weighted by molar-refractivity contribution is -0.127. The molecule has 2 saturated heterocycles. The Morgan fingerprint density at radius 2 is 1.56 bits per heavy atom. The van der Waals surface area contributed by atoms with E-state index in [9.17, 15) is 29.5 Å². The van der Waals surface area contributed by atoms with E-state index in [1.54, 1.807) is 48.5 Å². The molecule has 4 aliphatic rings. The Bertz CT molecular complexity index is 2220. The van der Waals surface area contributed by atoms with Crippen LogP contribution in [0.5, 0.6) is 11.5 Å². The number of rotatable bonds is 6. The molecule has 2 heterocycles. The molecule has 52 heavy (non-hydrogen) atoms. The smallest absolute Gasteiger partial charge is 0.488 e. The number of phenols is 1. The molecule has 0 radical (unpaired) electrons. The van der Waals surface area contributed by atoms with Crippen LogP contribution in [0.4, 0.5) is 11.4 Å². The summed E-state index contributed by atoms with van der Waals surface area (Å²) in [6.45, 7) is 0. The van der Waals surface area contributed by atoms with Crippen LogP contribution < -0.4 is 20.0 Å². The van der Waals surface area contributed by atoms with Crippen LogP contribution in [0.3, 0.4) is 0 Å². The third kappa shape index (κ3) is 4.98. The molecule has 3 fully saturated rings. The molecule has 13 heteroatoms. The average Bonchev–Trinajstić information content (AvgIpc) is 3.53. The van der Waals surface area contributed by atoms with Crippen molar-refractivity contribution in [3.05, 3.63) is 122 Å². The molecule has 8 rings (SSSR count). The fourth-order valence-corrected chi connectivity index (χ4v) is 9.92. The van der Waals surface area contributed by atoms with Crippen LogP contribution in [0.15, 0.2) is 103 Å². The van der Waals surface area contributed by atoms with Gasteiger partial charge in [0, 0.05) is 10.9 Å². The Morgan fingerprint density at radius 1 is 0.846 bits per heavy atom. The number of imide groups is 2. The van der Waals surface area contributed by atoms with Crippen molar-refractivity contribution in [2.24, 2.45) is 23.7 Å². The maximum Gasteiger partial charge on any atom is 0.488 e. The molecule has 262 valence electrons. The summed E-state index contributed by atoms with van der Waals surface area (Å²) in [6.07, 6.45) is 2.26. The van der Waals surface area contributed by atoms with E-state index in [4.69, 9.17) is 16.3 Å². The second kappa shape index (κ2) is 12.9. The largest absolute Gasteiger partial charge is 0.504 e. The summed E-state index contributed by atoms with van der Waals surface area (Å²) < 4.78 is 6.06. The van der Waals surface area contributed by atoms with Gasteiger partial charge in [-0.05, 0) is 100 Å². The highest BCUT2D eigenvalue weighted by Crippen LogP contribution is 2.65. The first kappa shape index (κ1) is 34.6. The minimum atomic E-state index is -1.80. The molecule has 6 unspecified atom stereocenters. The minimum absolute atomic E-state index is 0.0703. The fourth-order valence-electron chi connectivity index (χ4n) is 9.11. The third-order valence-electron chi connectivity index (χ3n) is 11.2. The highest BCUT2D eigenvalue weighted by atomic mass is 127. The van der Waals surface area contributed by atoms with E-state index in [0.717, 1.165) is 10.5 Å². The first-order valence-corrected chi connectivity index (χ1v) is 18.2. The SMILES string of the molecule is COc1cc(C2C3=CCC4C(=O)N(c5cccc(B(O)O)c5)C(=O)C4C3CC3C(=O)N(c4cccc(Cl)c4)C(=O)C32c2ccccc2)cc(I)c1O. The summed E-state index contributed by atoms with van der Waals surface area (Å²) in [5.74, 6) is -5.63. The number of carbonyl (C=O) groups excluding carboxylic acids is 4. The molecule has 1 saturated carbocycles. The van der Waals surface area contributed by atoms with E-state index in [0.29, 0.717) is 25.4 Å². The number of anilines is 2. The van der Waals surface area contributed by atoms with E-state index >= 15 is 4.79 Å². The Hall–Kier alpha value is -4.50. The van der Waals surface area contributed by atoms with Gasteiger partial charge >= 0.3 is 7.12 Å². The fraction of sp³-hybridized carbons (Fsp3) is 0.231. The number of methoxy groups -OCH3 is 1. The lowest BCUT2D eigenvalue weighted by Crippen LogP contribution is -2.53. The molecule has 6 atom stereocenters. The number of hydrogen-bond donors (Lipinski definition) is 3. The quantitative estimate of drug-likeness (QED) is 0.110. The van der Waals surface area contributed by atoms with Gasteiger partial charge in [0.25, 0.3) is 0 Å². The van der Waals surface area contributed by atoms with Crippen LogP contribution in [0.1, 0.15) is 29.9 Å². The standard InChI is InChI=1S/C39H31BClIN2O8/c1-52-31-16-20(15-30(42)34(31)45)33-26-13-14-27-32(37(48)43(35(27)46)24-11-5-9-22(17-24)40(50)51)28(26)19-29-36(47)44(25-12-6-10-23(41)18-25)38(49)39(29,33)21-7-3-2-4-8-21/h2-13,15-18,27-29,32-33,45,50-51H,14,19H2,1H3. The van der Waals surface area contributed by atoms with Gasteiger partial charge in [-0.3, -0.25) is 24.1 Å². The van der Waals surface area contributed by atoms with Gasteiger partial charge in [0.1, 0.15) is 0 Å². The Labute approximate surface area is 317 Å². The summed E-state index contributed by atoms with van der Waals surface area (Å²) in [6, 6.07) is 25.2. The Morgan fingerprint density at radius 3 is 2.25 bits per heavy atom. The number of carbonyl (C=O) groups is 4. The Kier molecular flexibility index (Phi) is 8.56. The summed E-state index contributed by atoms with van der Waals surface area (Å²) in [5, 5.41) is 30.9. The molecule has 4 amide bonds. The number of halogens is 2. The number of ether oxygens (including phenoxy) is 1. The lowest BCUT2D eigenvalue weighted by atomic mass is 9.49. The van der Waals surface area contributed by atoms with E-state index < -0.39 is 65.8 Å². The van der Waals surface area contributed by atoms with E-state index in [-0.39, 0.29) is 35.5 Å². The van der Waals surface area contributed by atoms with Crippen LogP contribution in [0, 0.1) is 27.2 Å². The predicted octanol–water partition coefficient (Wildman–Crippen LogP) is 4.71. The van der Waals surface area contributed by atoms with Crippen molar-refractivity contribution >= 4 is 81.8 Å². The van der Waals surface area contributed by atoms with Crippen molar-refractivity contribution in [3.63, 3.8) is 0 Å². The van der Waals surface area contributed by atoms with Gasteiger partial charge in [-0.15, -0.1) is 0 Å².